The van der Waals surface area contributed by atoms with E-state index in [2.05, 4.69) is 0 Å². The number of anilines is 1. The Kier molecular flexibility index (Phi) is 3.26. The van der Waals surface area contributed by atoms with Gasteiger partial charge >= 0.3 is 5.97 Å². The van der Waals surface area contributed by atoms with Gasteiger partial charge in [-0.15, -0.1) is 0 Å². The number of carbonyl (C=O) groups excluding carboxylic acids is 1. The van der Waals surface area contributed by atoms with Crippen LogP contribution in [0.15, 0.2) is 18.2 Å². The number of nitrogens with zero attached hydrogens (tertiary/aromatic N) is 1. The molecular formula is C11H9Cl2NO3. The standard InChI is InChI=1S/C11H9Cl2NO3/c12-6-1-2-9(8(13)5-6)14-4-3-7(10(14)15)11(16)17/h1-2,5,7H,3-4H2,(H,16,17). The summed E-state index contributed by atoms with van der Waals surface area (Å²) in [4.78, 5) is 24.1. The van der Waals surface area contributed by atoms with Gasteiger partial charge in [-0.05, 0) is 24.6 Å². The lowest BCUT2D eigenvalue weighted by Crippen LogP contribution is -2.30. The number of hydrogen-bond acceptors (Lipinski definition) is 2. The Bertz CT molecular complexity index is 490. The lowest BCUT2D eigenvalue weighted by Gasteiger charge is -2.17. The van der Waals surface area contributed by atoms with E-state index in [0.29, 0.717) is 28.7 Å². The number of aliphatic carboxylic acids is 1. The highest BCUT2D eigenvalue weighted by Gasteiger charge is 2.38. The molecule has 90 valence electrons. The van der Waals surface area contributed by atoms with E-state index in [0.717, 1.165) is 0 Å². The Morgan fingerprint density at radius 1 is 1.41 bits per heavy atom. The second-order valence-corrected chi connectivity index (χ2v) is 4.61. The molecule has 0 saturated carbocycles. The van der Waals surface area contributed by atoms with Crippen molar-refractivity contribution >= 4 is 40.8 Å². The molecule has 1 amide bonds. The quantitative estimate of drug-likeness (QED) is 0.842. The van der Waals surface area contributed by atoms with Gasteiger partial charge in [-0.2, -0.15) is 0 Å². The molecule has 0 radical (unpaired) electrons. The molecular weight excluding hydrogens is 265 g/mol. The molecule has 0 spiro atoms. The van der Waals surface area contributed by atoms with Crippen LogP contribution in [0.1, 0.15) is 6.42 Å². The predicted octanol–water partition coefficient (Wildman–Crippen LogP) is 2.43. The average molecular weight is 274 g/mol. The summed E-state index contributed by atoms with van der Waals surface area (Å²) in [5, 5.41) is 9.68. The first-order valence-electron chi connectivity index (χ1n) is 5.00. The van der Waals surface area contributed by atoms with Gasteiger partial charge in [0, 0.05) is 11.6 Å². The summed E-state index contributed by atoms with van der Waals surface area (Å²) in [5.74, 6) is -2.49. The molecule has 1 aromatic carbocycles. The molecule has 1 saturated heterocycles. The molecule has 1 heterocycles. The normalized spacial score (nSPS) is 19.8. The van der Waals surface area contributed by atoms with Crippen LogP contribution in [0.25, 0.3) is 0 Å². The van der Waals surface area contributed by atoms with E-state index in [9.17, 15) is 9.59 Å². The number of benzene rings is 1. The number of carboxylic acids is 1. The molecule has 1 N–H and O–H groups in total. The van der Waals surface area contributed by atoms with Crippen LogP contribution in [0.3, 0.4) is 0 Å². The maximum atomic E-state index is 11.8. The third kappa shape index (κ3) is 2.23. The molecule has 1 fully saturated rings. The van der Waals surface area contributed by atoms with Crippen molar-refractivity contribution < 1.29 is 14.7 Å². The monoisotopic (exact) mass is 273 g/mol. The van der Waals surface area contributed by atoms with E-state index in [1.165, 1.54) is 11.0 Å². The van der Waals surface area contributed by atoms with Crippen LogP contribution in [-0.4, -0.2) is 23.5 Å². The molecule has 1 atom stereocenters. The number of rotatable bonds is 2. The molecule has 0 aliphatic carbocycles. The van der Waals surface area contributed by atoms with Crippen molar-refractivity contribution in [3.63, 3.8) is 0 Å². The largest absolute Gasteiger partial charge is 0.481 e. The van der Waals surface area contributed by atoms with Gasteiger partial charge in [0.05, 0.1) is 10.7 Å². The minimum Gasteiger partial charge on any atom is -0.481 e. The van der Waals surface area contributed by atoms with Crippen molar-refractivity contribution in [1.82, 2.24) is 0 Å². The maximum Gasteiger partial charge on any atom is 0.316 e. The minimum absolute atomic E-state index is 0.299. The molecule has 17 heavy (non-hydrogen) atoms. The first-order valence-corrected chi connectivity index (χ1v) is 5.75. The summed E-state index contributed by atoms with van der Waals surface area (Å²) in [7, 11) is 0. The third-order valence-electron chi connectivity index (χ3n) is 2.70. The maximum absolute atomic E-state index is 11.8. The van der Waals surface area contributed by atoms with E-state index in [1.807, 2.05) is 0 Å². The average Bonchev–Trinajstić information content (AvgIpc) is 2.60. The number of carbonyl (C=O) groups is 2. The van der Waals surface area contributed by atoms with Crippen LogP contribution in [0.2, 0.25) is 10.0 Å². The molecule has 4 nitrogen and oxygen atoms in total. The highest BCUT2D eigenvalue weighted by molar-refractivity contribution is 6.37. The minimum atomic E-state index is -1.09. The lowest BCUT2D eigenvalue weighted by atomic mass is 10.1. The van der Waals surface area contributed by atoms with E-state index in [-0.39, 0.29) is 0 Å². The first kappa shape index (κ1) is 12.2. The summed E-state index contributed by atoms with van der Waals surface area (Å²) in [5.41, 5.74) is 0.504. The Morgan fingerprint density at radius 3 is 2.65 bits per heavy atom. The number of hydrogen-bond donors (Lipinski definition) is 1. The molecule has 1 aromatic rings. The molecule has 1 aliphatic heterocycles. The van der Waals surface area contributed by atoms with Crippen LogP contribution < -0.4 is 4.90 Å². The Hall–Kier alpha value is -1.26. The topological polar surface area (TPSA) is 57.6 Å². The third-order valence-corrected chi connectivity index (χ3v) is 3.24. The van der Waals surface area contributed by atoms with Crippen molar-refractivity contribution in [2.75, 3.05) is 11.4 Å². The smallest absolute Gasteiger partial charge is 0.316 e. The summed E-state index contributed by atoms with van der Waals surface area (Å²) >= 11 is 11.7. The predicted molar refractivity (Wildman–Crippen MR) is 64.6 cm³/mol. The Morgan fingerprint density at radius 2 is 2.12 bits per heavy atom. The molecule has 0 aromatic heterocycles. The fraction of sp³-hybridized carbons (Fsp3) is 0.273. The zero-order valence-electron chi connectivity index (χ0n) is 8.69. The van der Waals surface area contributed by atoms with Crippen molar-refractivity contribution in [3.8, 4) is 0 Å². The SMILES string of the molecule is O=C(O)C1CCN(c2ccc(Cl)cc2Cl)C1=O. The molecule has 1 unspecified atom stereocenters. The van der Waals surface area contributed by atoms with Crippen molar-refractivity contribution in [3.05, 3.63) is 28.2 Å². The molecule has 0 bridgehead atoms. The Labute approximate surface area is 108 Å². The number of amides is 1. The zero-order valence-corrected chi connectivity index (χ0v) is 10.2. The van der Waals surface area contributed by atoms with Gasteiger partial charge in [0.2, 0.25) is 5.91 Å². The summed E-state index contributed by atoms with van der Waals surface area (Å²) in [6.07, 6.45) is 0.299. The van der Waals surface area contributed by atoms with Gasteiger partial charge in [-0.1, -0.05) is 23.2 Å². The van der Waals surface area contributed by atoms with Gasteiger partial charge in [0.15, 0.2) is 0 Å². The van der Waals surface area contributed by atoms with Crippen molar-refractivity contribution in [1.29, 1.82) is 0 Å². The number of carboxylic acid groups (broad SMARTS) is 1. The first-order chi connectivity index (χ1) is 8.00. The van der Waals surface area contributed by atoms with Gasteiger partial charge in [0.1, 0.15) is 5.92 Å². The Balaban J connectivity index is 2.30. The van der Waals surface area contributed by atoms with E-state index in [1.54, 1.807) is 12.1 Å². The molecule has 6 heteroatoms. The zero-order chi connectivity index (χ0) is 12.6. The lowest BCUT2D eigenvalue weighted by molar-refractivity contribution is -0.144. The molecule has 1 aliphatic rings. The highest BCUT2D eigenvalue weighted by Crippen LogP contribution is 2.33. The van der Waals surface area contributed by atoms with Gasteiger partial charge in [0.25, 0.3) is 0 Å². The van der Waals surface area contributed by atoms with Crippen LogP contribution >= 0.6 is 23.2 Å². The van der Waals surface area contributed by atoms with Gasteiger partial charge in [-0.3, -0.25) is 9.59 Å². The summed E-state index contributed by atoms with van der Waals surface area (Å²) in [6.45, 7) is 0.358. The van der Waals surface area contributed by atoms with E-state index >= 15 is 0 Å². The highest BCUT2D eigenvalue weighted by atomic mass is 35.5. The molecule has 2 rings (SSSR count). The summed E-state index contributed by atoms with van der Waals surface area (Å²) < 4.78 is 0. The van der Waals surface area contributed by atoms with Gasteiger partial charge in [-0.25, -0.2) is 0 Å². The fourth-order valence-corrected chi connectivity index (χ4v) is 2.36. The summed E-state index contributed by atoms with van der Waals surface area (Å²) in [6, 6.07) is 4.76. The van der Waals surface area contributed by atoms with Crippen LogP contribution in [-0.2, 0) is 9.59 Å². The second kappa shape index (κ2) is 4.55. The van der Waals surface area contributed by atoms with Crippen LogP contribution in [0, 0.1) is 5.92 Å². The van der Waals surface area contributed by atoms with E-state index in [4.69, 9.17) is 28.3 Å². The number of halogens is 2. The fourth-order valence-electron chi connectivity index (χ4n) is 1.85. The van der Waals surface area contributed by atoms with Crippen LogP contribution in [0.4, 0.5) is 5.69 Å². The van der Waals surface area contributed by atoms with E-state index < -0.39 is 17.8 Å². The van der Waals surface area contributed by atoms with Crippen molar-refractivity contribution in [2.24, 2.45) is 5.92 Å². The van der Waals surface area contributed by atoms with Crippen LogP contribution in [0.5, 0.6) is 0 Å². The van der Waals surface area contributed by atoms with Gasteiger partial charge < -0.3 is 10.0 Å². The second-order valence-electron chi connectivity index (χ2n) is 3.77. The van der Waals surface area contributed by atoms with Crippen molar-refractivity contribution in [2.45, 2.75) is 6.42 Å².